The lowest BCUT2D eigenvalue weighted by molar-refractivity contribution is -0.174. The first kappa shape index (κ1) is 13.0. The fraction of sp³-hybridized carbons (Fsp3) is 0.300. The largest absolute Gasteiger partial charge is 0.471 e. The number of carbonyl (C=O) groups is 1. The maximum absolute atomic E-state index is 12.0. The average molecular weight is 296 g/mol. The second kappa shape index (κ2) is 4.86. The van der Waals surface area contributed by atoms with Gasteiger partial charge in [-0.05, 0) is 18.6 Å². The molecule has 1 rings (SSSR count). The molecule has 1 aromatic rings. The lowest BCUT2D eigenvalue weighted by Gasteiger charge is -2.16. The number of hydrogen-bond acceptors (Lipinski definition) is 1. The van der Waals surface area contributed by atoms with Crippen LogP contribution in [0.3, 0.4) is 0 Å². The Bertz CT molecular complexity index is 392. The molecule has 2 nitrogen and oxygen atoms in total. The molecule has 0 radical (unpaired) electrons. The van der Waals surface area contributed by atoms with Gasteiger partial charge in [0, 0.05) is 4.47 Å². The minimum Gasteiger partial charge on any atom is -0.342 e. The Kier molecular flexibility index (Phi) is 3.96. The van der Waals surface area contributed by atoms with Gasteiger partial charge >= 0.3 is 12.1 Å². The lowest BCUT2D eigenvalue weighted by Crippen LogP contribution is -2.38. The van der Waals surface area contributed by atoms with Crippen molar-refractivity contribution >= 4 is 21.8 Å². The zero-order valence-electron chi connectivity index (χ0n) is 8.31. The summed E-state index contributed by atoms with van der Waals surface area (Å²) in [4.78, 5) is 10.7. The summed E-state index contributed by atoms with van der Waals surface area (Å²) in [6.07, 6.45) is -4.85. The molecule has 88 valence electrons. The third-order valence-corrected chi connectivity index (χ3v) is 2.70. The molecule has 0 aliphatic carbocycles. The van der Waals surface area contributed by atoms with Crippen LogP contribution in [0, 0.1) is 0 Å². The van der Waals surface area contributed by atoms with Gasteiger partial charge in [0.05, 0.1) is 6.04 Å². The fourth-order valence-corrected chi connectivity index (χ4v) is 1.81. The van der Waals surface area contributed by atoms with Gasteiger partial charge in [-0.1, -0.05) is 34.1 Å². The standard InChI is InChI=1S/C10H9BrF3NO/c1-6(15-9(16)10(12,13)14)7-4-2-3-5-8(7)11/h2-6H,1H3,(H,15,16)/t6-/m0/s1. The van der Waals surface area contributed by atoms with Crippen molar-refractivity contribution < 1.29 is 18.0 Å². The van der Waals surface area contributed by atoms with Crippen LogP contribution in [0.1, 0.15) is 18.5 Å². The molecule has 0 aliphatic rings. The van der Waals surface area contributed by atoms with E-state index < -0.39 is 18.1 Å². The van der Waals surface area contributed by atoms with E-state index in [0.717, 1.165) is 0 Å². The van der Waals surface area contributed by atoms with Crippen molar-refractivity contribution in [2.75, 3.05) is 0 Å². The number of hydrogen-bond donors (Lipinski definition) is 1. The molecular formula is C10H9BrF3NO. The quantitative estimate of drug-likeness (QED) is 0.892. The third-order valence-electron chi connectivity index (χ3n) is 1.98. The van der Waals surface area contributed by atoms with Gasteiger partial charge in [0.25, 0.3) is 0 Å². The number of rotatable bonds is 2. The first-order valence-electron chi connectivity index (χ1n) is 4.44. The Morgan fingerprint density at radius 2 is 1.94 bits per heavy atom. The monoisotopic (exact) mass is 295 g/mol. The first-order valence-corrected chi connectivity index (χ1v) is 5.24. The zero-order valence-corrected chi connectivity index (χ0v) is 9.89. The molecule has 1 amide bonds. The van der Waals surface area contributed by atoms with Gasteiger partial charge in [-0.3, -0.25) is 4.79 Å². The van der Waals surface area contributed by atoms with Crippen LogP contribution < -0.4 is 5.32 Å². The van der Waals surface area contributed by atoms with Crippen LogP contribution in [0.15, 0.2) is 28.7 Å². The Balaban J connectivity index is 2.78. The molecule has 0 bridgehead atoms. The minimum atomic E-state index is -4.85. The van der Waals surface area contributed by atoms with Gasteiger partial charge in [-0.15, -0.1) is 0 Å². The highest BCUT2D eigenvalue weighted by atomic mass is 79.9. The van der Waals surface area contributed by atoms with E-state index in [1.165, 1.54) is 6.92 Å². The Hall–Kier alpha value is -1.04. The van der Waals surface area contributed by atoms with Crippen molar-refractivity contribution in [2.24, 2.45) is 0 Å². The second-order valence-corrected chi connectivity index (χ2v) is 4.07. The molecule has 6 heteroatoms. The Morgan fingerprint density at radius 3 is 2.44 bits per heavy atom. The van der Waals surface area contributed by atoms with Gasteiger partial charge in [-0.2, -0.15) is 13.2 Å². The van der Waals surface area contributed by atoms with Crippen molar-refractivity contribution in [3.8, 4) is 0 Å². The normalized spacial score (nSPS) is 13.3. The van der Waals surface area contributed by atoms with Crippen LogP contribution >= 0.6 is 15.9 Å². The molecule has 16 heavy (non-hydrogen) atoms. The molecule has 0 aromatic heterocycles. The predicted molar refractivity (Wildman–Crippen MR) is 56.8 cm³/mol. The van der Waals surface area contributed by atoms with E-state index in [-0.39, 0.29) is 0 Å². The van der Waals surface area contributed by atoms with Gasteiger partial charge in [0.2, 0.25) is 0 Å². The van der Waals surface area contributed by atoms with Crippen LogP contribution in [0.25, 0.3) is 0 Å². The molecule has 1 aromatic carbocycles. The summed E-state index contributed by atoms with van der Waals surface area (Å²) in [7, 11) is 0. The summed E-state index contributed by atoms with van der Waals surface area (Å²) >= 11 is 3.20. The molecule has 1 atom stereocenters. The fourth-order valence-electron chi connectivity index (χ4n) is 1.18. The molecule has 0 heterocycles. The van der Waals surface area contributed by atoms with E-state index in [0.29, 0.717) is 10.0 Å². The Morgan fingerprint density at radius 1 is 1.38 bits per heavy atom. The maximum Gasteiger partial charge on any atom is 0.471 e. The predicted octanol–water partition coefficient (Wildman–Crippen LogP) is 3.19. The van der Waals surface area contributed by atoms with Crippen molar-refractivity contribution in [3.63, 3.8) is 0 Å². The second-order valence-electron chi connectivity index (χ2n) is 3.21. The zero-order chi connectivity index (χ0) is 12.3. The minimum absolute atomic E-state index is 0.597. The number of nitrogens with one attached hydrogen (secondary N) is 1. The van der Waals surface area contributed by atoms with Crippen LogP contribution in [0.2, 0.25) is 0 Å². The summed E-state index contributed by atoms with van der Waals surface area (Å²) in [5.74, 6) is -1.93. The molecule has 0 spiro atoms. The number of halogens is 4. The van der Waals surface area contributed by atoms with Gasteiger partial charge in [0.15, 0.2) is 0 Å². The number of carbonyl (C=O) groups excluding carboxylic acids is 1. The molecule has 0 saturated carbocycles. The first-order chi connectivity index (χ1) is 7.32. The summed E-state index contributed by atoms with van der Waals surface area (Å²) in [6, 6.07) is 6.07. The molecule has 1 N–H and O–H groups in total. The van der Waals surface area contributed by atoms with Crippen molar-refractivity contribution in [3.05, 3.63) is 34.3 Å². The lowest BCUT2D eigenvalue weighted by atomic mass is 10.1. The van der Waals surface area contributed by atoms with E-state index in [2.05, 4.69) is 15.9 Å². The smallest absolute Gasteiger partial charge is 0.342 e. The topological polar surface area (TPSA) is 29.1 Å². The summed E-state index contributed by atoms with van der Waals surface area (Å²) in [5, 5.41) is 1.88. The summed E-state index contributed by atoms with van der Waals surface area (Å²) < 4.78 is 36.7. The van der Waals surface area contributed by atoms with E-state index >= 15 is 0 Å². The van der Waals surface area contributed by atoms with E-state index in [1.807, 2.05) is 5.32 Å². The van der Waals surface area contributed by atoms with E-state index in [4.69, 9.17) is 0 Å². The van der Waals surface area contributed by atoms with Gasteiger partial charge in [0.1, 0.15) is 0 Å². The van der Waals surface area contributed by atoms with Crippen LogP contribution in [0.4, 0.5) is 13.2 Å². The molecule has 0 saturated heterocycles. The average Bonchev–Trinajstić information content (AvgIpc) is 2.16. The maximum atomic E-state index is 12.0. The van der Waals surface area contributed by atoms with Gasteiger partial charge < -0.3 is 5.32 Å². The van der Waals surface area contributed by atoms with Crippen LogP contribution in [-0.2, 0) is 4.79 Å². The van der Waals surface area contributed by atoms with Crippen molar-refractivity contribution in [1.29, 1.82) is 0 Å². The molecular weight excluding hydrogens is 287 g/mol. The third kappa shape index (κ3) is 3.23. The number of amides is 1. The Labute approximate surface area is 99.0 Å². The van der Waals surface area contributed by atoms with E-state index in [9.17, 15) is 18.0 Å². The number of alkyl halides is 3. The van der Waals surface area contributed by atoms with Crippen molar-refractivity contribution in [2.45, 2.75) is 19.1 Å². The molecule has 0 unspecified atom stereocenters. The summed E-state index contributed by atoms with van der Waals surface area (Å²) in [6.45, 7) is 1.49. The van der Waals surface area contributed by atoms with E-state index in [1.54, 1.807) is 24.3 Å². The van der Waals surface area contributed by atoms with Crippen molar-refractivity contribution in [1.82, 2.24) is 5.32 Å². The van der Waals surface area contributed by atoms with Crippen LogP contribution in [0.5, 0.6) is 0 Å². The highest BCUT2D eigenvalue weighted by molar-refractivity contribution is 9.10. The summed E-state index contributed by atoms with van der Waals surface area (Å²) in [5.41, 5.74) is 0.597. The molecule has 0 aliphatic heterocycles. The SMILES string of the molecule is C[C@H](NC(=O)C(F)(F)F)c1ccccc1Br. The van der Waals surface area contributed by atoms with Crippen LogP contribution in [-0.4, -0.2) is 12.1 Å². The van der Waals surface area contributed by atoms with Gasteiger partial charge in [-0.25, -0.2) is 0 Å². The highest BCUT2D eigenvalue weighted by Gasteiger charge is 2.39. The highest BCUT2D eigenvalue weighted by Crippen LogP contribution is 2.24. The molecule has 0 fully saturated rings. The number of benzene rings is 1.